The van der Waals surface area contributed by atoms with Crippen molar-refractivity contribution in [3.05, 3.63) is 76.6 Å². The number of carbonyl (C=O) groups excluding carboxylic acids is 1. The van der Waals surface area contributed by atoms with Crippen LogP contribution in [0.25, 0.3) is 5.69 Å². The van der Waals surface area contributed by atoms with Crippen molar-refractivity contribution in [2.24, 2.45) is 0 Å². The molecule has 1 amide bonds. The van der Waals surface area contributed by atoms with Crippen LogP contribution in [0.5, 0.6) is 0 Å². The third-order valence-corrected chi connectivity index (χ3v) is 4.48. The van der Waals surface area contributed by atoms with E-state index in [0.717, 1.165) is 17.8 Å². The van der Waals surface area contributed by atoms with E-state index in [9.17, 15) is 22.4 Å². The van der Waals surface area contributed by atoms with Crippen LogP contribution in [-0.4, -0.2) is 27.2 Å². The molecule has 5 nitrogen and oxygen atoms in total. The van der Waals surface area contributed by atoms with Gasteiger partial charge in [-0.3, -0.25) is 9.78 Å². The van der Waals surface area contributed by atoms with E-state index in [1.165, 1.54) is 12.4 Å². The molecule has 0 aliphatic carbocycles. The molecule has 1 aliphatic rings. The lowest BCUT2D eigenvalue weighted by Crippen LogP contribution is -2.32. The van der Waals surface area contributed by atoms with Crippen molar-refractivity contribution in [1.82, 2.24) is 20.1 Å². The average molecular weight is 390 g/mol. The number of amides is 1. The summed E-state index contributed by atoms with van der Waals surface area (Å²) in [7, 11) is 0. The molecule has 0 bridgehead atoms. The lowest BCUT2D eigenvalue weighted by atomic mass is 10.0. The summed E-state index contributed by atoms with van der Waals surface area (Å²) < 4.78 is 53.9. The summed E-state index contributed by atoms with van der Waals surface area (Å²) in [4.78, 5) is 16.0. The summed E-state index contributed by atoms with van der Waals surface area (Å²) in [5, 5.41) is 6.97. The number of hydrogen-bond donors (Lipinski definition) is 1. The third kappa shape index (κ3) is 3.47. The fourth-order valence-electron chi connectivity index (χ4n) is 3.25. The van der Waals surface area contributed by atoms with Gasteiger partial charge in [0.25, 0.3) is 5.91 Å². The normalized spacial score (nSPS) is 13.9. The van der Waals surface area contributed by atoms with E-state index in [1.807, 2.05) is 0 Å². The highest BCUT2D eigenvalue weighted by Crippen LogP contribution is 2.31. The molecule has 0 saturated carbocycles. The van der Waals surface area contributed by atoms with Crippen molar-refractivity contribution in [3.8, 4) is 5.69 Å². The van der Waals surface area contributed by atoms with Crippen molar-refractivity contribution >= 4 is 5.91 Å². The number of carbonyl (C=O) groups is 1. The maximum atomic E-state index is 13.6. The SMILES string of the molecule is O=C1NCCc2c1cnn2-c1cncc(Cc2cc(F)cc(C(F)(F)F)c2)c1. The van der Waals surface area contributed by atoms with Crippen LogP contribution < -0.4 is 5.32 Å². The quantitative estimate of drug-likeness (QED) is 0.698. The number of hydrogen-bond acceptors (Lipinski definition) is 3. The third-order valence-electron chi connectivity index (χ3n) is 4.48. The molecular weight excluding hydrogens is 376 g/mol. The Kier molecular flexibility index (Phi) is 4.37. The van der Waals surface area contributed by atoms with Crippen LogP contribution in [0.15, 0.2) is 42.9 Å². The van der Waals surface area contributed by atoms with Crippen molar-refractivity contribution in [2.45, 2.75) is 19.0 Å². The van der Waals surface area contributed by atoms with Crippen LogP contribution in [-0.2, 0) is 19.0 Å². The smallest absolute Gasteiger partial charge is 0.352 e. The first-order valence-electron chi connectivity index (χ1n) is 8.47. The Labute approximate surface area is 157 Å². The molecule has 1 N–H and O–H groups in total. The molecule has 3 heterocycles. The van der Waals surface area contributed by atoms with E-state index in [-0.39, 0.29) is 17.9 Å². The fraction of sp³-hybridized carbons (Fsp3) is 0.211. The standard InChI is InChI=1S/C19H14F4N4O/c20-14-5-11(4-13(7-14)19(21,22)23)3-12-6-15(9-24-8-12)27-17-1-2-25-18(28)16(17)10-26-27/h4-10H,1-3H2,(H,25,28). The number of alkyl halides is 3. The maximum Gasteiger partial charge on any atom is 0.416 e. The number of pyridine rings is 1. The lowest BCUT2D eigenvalue weighted by Gasteiger charge is -2.15. The lowest BCUT2D eigenvalue weighted by molar-refractivity contribution is -0.137. The summed E-state index contributed by atoms with van der Waals surface area (Å²) in [6.45, 7) is 0.494. The van der Waals surface area contributed by atoms with Gasteiger partial charge in [-0.2, -0.15) is 18.3 Å². The Morgan fingerprint density at radius 1 is 1.07 bits per heavy atom. The second-order valence-corrected chi connectivity index (χ2v) is 6.50. The zero-order valence-electron chi connectivity index (χ0n) is 14.4. The monoisotopic (exact) mass is 390 g/mol. The molecule has 4 rings (SSSR count). The Morgan fingerprint density at radius 3 is 2.68 bits per heavy atom. The first-order valence-corrected chi connectivity index (χ1v) is 8.47. The molecule has 1 aromatic carbocycles. The number of nitrogens with zero attached hydrogens (tertiary/aromatic N) is 3. The number of aromatic nitrogens is 3. The van der Waals surface area contributed by atoms with Gasteiger partial charge < -0.3 is 5.32 Å². The van der Waals surface area contributed by atoms with Crippen LogP contribution in [0.3, 0.4) is 0 Å². The number of halogens is 4. The highest BCUT2D eigenvalue weighted by atomic mass is 19.4. The Hall–Kier alpha value is -3.23. The van der Waals surface area contributed by atoms with Crippen molar-refractivity contribution < 1.29 is 22.4 Å². The maximum absolute atomic E-state index is 13.6. The molecule has 0 fully saturated rings. The Morgan fingerprint density at radius 2 is 1.89 bits per heavy atom. The molecule has 0 spiro atoms. The van der Waals surface area contributed by atoms with Gasteiger partial charge in [-0.1, -0.05) is 0 Å². The van der Waals surface area contributed by atoms with Gasteiger partial charge in [0.2, 0.25) is 0 Å². The minimum Gasteiger partial charge on any atom is -0.352 e. The number of nitrogens with one attached hydrogen (secondary N) is 1. The van der Waals surface area contributed by atoms with Gasteiger partial charge in [0, 0.05) is 19.2 Å². The summed E-state index contributed by atoms with van der Waals surface area (Å²) in [6, 6.07) is 4.18. The van der Waals surface area contributed by atoms with Crippen molar-refractivity contribution in [2.75, 3.05) is 6.54 Å². The van der Waals surface area contributed by atoms with Gasteiger partial charge in [0.1, 0.15) is 5.82 Å². The van der Waals surface area contributed by atoms with Crippen LogP contribution in [0.4, 0.5) is 17.6 Å². The molecule has 2 aromatic heterocycles. The van der Waals surface area contributed by atoms with Gasteiger partial charge in [0.15, 0.2) is 0 Å². The second kappa shape index (κ2) is 6.74. The largest absolute Gasteiger partial charge is 0.416 e. The van der Waals surface area contributed by atoms with Crippen LogP contribution in [0.1, 0.15) is 32.7 Å². The molecule has 0 saturated heterocycles. The molecule has 9 heteroatoms. The second-order valence-electron chi connectivity index (χ2n) is 6.50. The number of benzene rings is 1. The van der Waals surface area contributed by atoms with Gasteiger partial charge in [0.05, 0.1) is 34.9 Å². The zero-order chi connectivity index (χ0) is 19.9. The van der Waals surface area contributed by atoms with E-state index in [0.29, 0.717) is 35.8 Å². The number of rotatable bonds is 3. The highest BCUT2D eigenvalue weighted by molar-refractivity contribution is 5.96. The number of fused-ring (bicyclic) bond motifs is 1. The van der Waals surface area contributed by atoms with E-state index in [1.54, 1.807) is 16.9 Å². The minimum atomic E-state index is -4.62. The van der Waals surface area contributed by atoms with Crippen molar-refractivity contribution in [1.29, 1.82) is 0 Å². The molecule has 3 aromatic rings. The van der Waals surface area contributed by atoms with E-state index in [2.05, 4.69) is 15.4 Å². The summed E-state index contributed by atoms with van der Waals surface area (Å²) in [5.74, 6) is -1.14. The summed E-state index contributed by atoms with van der Waals surface area (Å²) in [6.07, 6.45) is 0.584. The van der Waals surface area contributed by atoms with Crippen LogP contribution >= 0.6 is 0 Å². The van der Waals surface area contributed by atoms with Crippen molar-refractivity contribution in [3.63, 3.8) is 0 Å². The van der Waals surface area contributed by atoms with Gasteiger partial charge in [-0.15, -0.1) is 0 Å². The molecule has 0 radical (unpaired) electrons. The van der Waals surface area contributed by atoms with E-state index >= 15 is 0 Å². The predicted octanol–water partition coefficient (Wildman–Crippen LogP) is 3.30. The zero-order valence-corrected chi connectivity index (χ0v) is 14.4. The summed E-state index contributed by atoms with van der Waals surface area (Å²) >= 11 is 0. The molecule has 1 aliphatic heterocycles. The highest BCUT2D eigenvalue weighted by Gasteiger charge is 2.31. The average Bonchev–Trinajstić information content (AvgIpc) is 3.06. The topological polar surface area (TPSA) is 59.8 Å². The summed E-state index contributed by atoms with van der Waals surface area (Å²) in [5.41, 5.74) is 1.57. The van der Waals surface area contributed by atoms with Gasteiger partial charge >= 0.3 is 6.18 Å². The first kappa shape index (κ1) is 18.1. The van der Waals surface area contributed by atoms with E-state index < -0.39 is 17.6 Å². The molecule has 0 unspecified atom stereocenters. The predicted molar refractivity (Wildman–Crippen MR) is 91.6 cm³/mol. The Balaban J connectivity index is 1.66. The van der Waals surface area contributed by atoms with E-state index in [4.69, 9.17) is 0 Å². The van der Waals surface area contributed by atoms with Gasteiger partial charge in [-0.05, 0) is 41.8 Å². The first-order chi connectivity index (χ1) is 13.3. The molecule has 28 heavy (non-hydrogen) atoms. The fourth-order valence-corrected chi connectivity index (χ4v) is 3.25. The van der Waals surface area contributed by atoms with Crippen LogP contribution in [0.2, 0.25) is 0 Å². The van der Waals surface area contributed by atoms with Crippen LogP contribution in [0, 0.1) is 5.82 Å². The van der Waals surface area contributed by atoms with Gasteiger partial charge in [-0.25, -0.2) is 9.07 Å². The Bertz CT molecular complexity index is 1060. The minimum absolute atomic E-state index is 0.0750. The molecule has 0 atom stereocenters. The molecular formula is C19H14F4N4O. The molecule has 144 valence electrons.